The van der Waals surface area contributed by atoms with Gasteiger partial charge in [0.15, 0.2) is 18.1 Å². The van der Waals surface area contributed by atoms with E-state index in [0.717, 1.165) is 33.8 Å². The molecule has 2 aromatic carbocycles. The van der Waals surface area contributed by atoms with Gasteiger partial charge in [0.1, 0.15) is 5.75 Å². The molecular weight excluding hydrogens is 504 g/mol. The van der Waals surface area contributed by atoms with Crippen molar-refractivity contribution in [3.05, 3.63) is 50.9 Å². The first-order valence-electron chi connectivity index (χ1n) is 9.24. The zero-order valence-corrected chi connectivity index (χ0v) is 19.6. The lowest BCUT2D eigenvalue weighted by Crippen LogP contribution is -2.24. The van der Waals surface area contributed by atoms with E-state index in [1.165, 1.54) is 6.21 Å². The van der Waals surface area contributed by atoms with Gasteiger partial charge in [0, 0.05) is 4.47 Å². The number of rotatable bonds is 11. The van der Waals surface area contributed by atoms with Gasteiger partial charge in [0.25, 0.3) is 5.91 Å². The van der Waals surface area contributed by atoms with Gasteiger partial charge >= 0.3 is 0 Å². The molecule has 0 heterocycles. The van der Waals surface area contributed by atoms with Crippen LogP contribution in [0.3, 0.4) is 0 Å². The predicted octanol–water partition coefficient (Wildman–Crippen LogP) is 5.32. The molecule has 0 fully saturated rings. The van der Waals surface area contributed by atoms with Crippen molar-refractivity contribution in [3.8, 4) is 17.2 Å². The molecule has 156 valence electrons. The second-order valence-electron chi connectivity index (χ2n) is 6.12. The van der Waals surface area contributed by atoms with E-state index in [2.05, 4.69) is 49.3 Å². The van der Waals surface area contributed by atoms with Gasteiger partial charge in [-0.3, -0.25) is 4.79 Å². The van der Waals surface area contributed by atoms with Crippen molar-refractivity contribution in [1.29, 1.82) is 0 Å². The Bertz CT molecular complexity index is 843. The highest BCUT2D eigenvalue weighted by molar-refractivity contribution is 9.11. The molecule has 0 aliphatic rings. The van der Waals surface area contributed by atoms with E-state index in [-0.39, 0.29) is 12.5 Å². The van der Waals surface area contributed by atoms with Crippen LogP contribution in [0.25, 0.3) is 0 Å². The van der Waals surface area contributed by atoms with Crippen LogP contribution in [0.4, 0.5) is 0 Å². The molecule has 1 amide bonds. The standard InChI is InChI=1S/C21H24Br2N2O4/c1-3-4-5-10-28-19-8-6-15(11-20(19)27-2)13-24-25-21(26)14-29-18-9-7-16(22)12-17(18)23/h6-9,11-13H,3-5,10,14H2,1-2H3,(H,25,26)/b24-13+. The molecule has 0 aliphatic heterocycles. The third-order valence-electron chi connectivity index (χ3n) is 3.85. The number of hydrogen-bond acceptors (Lipinski definition) is 5. The Morgan fingerprint density at radius 3 is 2.59 bits per heavy atom. The largest absolute Gasteiger partial charge is 0.493 e. The monoisotopic (exact) mass is 526 g/mol. The van der Waals surface area contributed by atoms with Crippen LogP contribution in [0.15, 0.2) is 50.4 Å². The van der Waals surface area contributed by atoms with Crippen molar-refractivity contribution in [1.82, 2.24) is 5.43 Å². The summed E-state index contributed by atoms with van der Waals surface area (Å²) < 4.78 is 18.3. The highest BCUT2D eigenvalue weighted by Gasteiger charge is 2.07. The maximum atomic E-state index is 11.9. The lowest BCUT2D eigenvalue weighted by molar-refractivity contribution is -0.123. The second-order valence-corrected chi connectivity index (χ2v) is 7.89. The third kappa shape index (κ3) is 8.06. The highest BCUT2D eigenvalue weighted by Crippen LogP contribution is 2.28. The molecule has 0 bridgehead atoms. The Hall–Kier alpha value is -2.06. The van der Waals surface area contributed by atoms with Crippen molar-refractivity contribution in [2.24, 2.45) is 5.10 Å². The fourth-order valence-corrected chi connectivity index (χ4v) is 3.53. The number of benzene rings is 2. The van der Waals surface area contributed by atoms with Crippen molar-refractivity contribution in [3.63, 3.8) is 0 Å². The fourth-order valence-electron chi connectivity index (χ4n) is 2.36. The number of nitrogens with zero attached hydrogens (tertiary/aromatic N) is 1. The van der Waals surface area contributed by atoms with Crippen LogP contribution in [0.2, 0.25) is 0 Å². The van der Waals surface area contributed by atoms with E-state index in [0.29, 0.717) is 23.9 Å². The van der Waals surface area contributed by atoms with Crippen LogP contribution in [0.1, 0.15) is 31.7 Å². The van der Waals surface area contributed by atoms with Crippen LogP contribution in [0, 0.1) is 0 Å². The number of methoxy groups -OCH3 is 1. The van der Waals surface area contributed by atoms with Gasteiger partial charge in [0.05, 0.1) is 24.4 Å². The summed E-state index contributed by atoms with van der Waals surface area (Å²) in [4.78, 5) is 11.9. The first-order valence-corrected chi connectivity index (χ1v) is 10.8. The molecule has 0 spiro atoms. The lowest BCUT2D eigenvalue weighted by Gasteiger charge is -2.11. The van der Waals surface area contributed by atoms with Gasteiger partial charge in [-0.15, -0.1) is 0 Å². The van der Waals surface area contributed by atoms with Crippen LogP contribution < -0.4 is 19.6 Å². The van der Waals surface area contributed by atoms with Gasteiger partial charge in [-0.2, -0.15) is 5.10 Å². The summed E-state index contributed by atoms with van der Waals surface area (Å²) in [5.74, 6) is 1.53. The molecule has 1 N–H and O–H groups in total. The molecule has 2 rings (SSSR count). The van der Waals surface area contributed by atoms with E-state index in [4.69, 9.17) is 14.2 Å². The Morgan fingerprint density at radius 2 is 1.86 bits per heavy atom. The molecule has 0 atom stereocenters. The van der Waals surface area contributed by atoms with Gasteiger partial charge in [-0.1, -0.05) is 35.7 Å². The maximum absolute atomic E-state index is 11.9. The van der Waals surface area contributed by atoms with E-state index in [1.807, 2.05) is 24.3 Å². The van der Waals surface area contributed by atoms with Gasteiger partial charge < -0.3 is 14.2 Å². The van der Waals surface area contributed by atoms with Crippen molar-refractivity contribution < 1.29 is 19.0 Å². The average molecular weight is 528 g/mol. The molecule has 0 unspecified atom stereocenters. The number of ether oxygens (including phenoxy) is 3. The van der Waals surface area contributed by atoms with Crippen molar-refractivity contribution in [2.75, 3.05) is 20.3 Å². The zero-order chi connectivity index (χ0) is 21.1. The fraction of sp³-hybridized carbons (Fsp3) is 0.333. The second kappa shape index (κ2) is 12.5. The van der Waals surface area contributed by atoms with E-state index in [9.17, 15) is 4.79 Å². The number of carbonyl (C=O) groups excluding carboxylic acids is 1. The van der Waals surface area contributed by atoms with Crippen molar-refractivity contribution in [2.45, 2.75) is 26.2 Å². The van der Waals surface area contributed by atoms with Crippen LogP contribution in [0.5, 0.6) is 17.2 Å². The van der Waals surface area contributed by atoms with Gasteiger partial charge in [-0.25, -0.2) is 5.43 Å². The van der Waals surface area contributed by atoms with Crippen LogP contribution in [-0.4, -0.2) is 32.4 Å². The minimum Gasteiger partial charge on any atom is -0.493 e. The zero-order valence-electron chi connectivity index (χ0n) is 16.4. The summed E-state index contributed by atoms with van der Waals surface area (Å²) in [6, 6.07) is 10.9. The highest BCUT2D eigenvalue weighted by atomic mass is 79.9. The molecule has 29 heavy (non-hydrogen) atoms. The van der Waals surface area contributed by atoms with Crippen LogP contribution in [-0.2, 0) is 4.79 Å². The molecule has 0 saturated heterocycles. The normalized spacial score (nSPS) is 10.8. The molecule has 2 aromatic rings. The number of hydrogen-bond donors (Lipinski definition) is 1. The number of hydrazone groups is 1. The summed E-state index contributed by atoms with van der Waals surface area (Å²) in [5, 5.41) is 3.96. The summed E-state index contributed by atoms with van der Waals surface area (Å²) in [5.41, 5.74) is 3.22. The maximum Gasteiger partial charge on any atom is 0.277 e. The molecule has 0 saturated carbocycles. The number of amides is 1. The Balaban J connectivity index is 1.84. The molecular formula is C21H24Br2N2O4. The summed E-state index contributed by atoms with van der Waals surface area (Å²) in [6.45, 7) is 2.66. The summed E-state index contributed by atoms with van der Waals surface area (Å²) >= 11 is 6.75. The molecule has 0 aromatic heterocycles. The van der Waals surface area contributed by atoms with Crippen molar-refractivity contribution >= 4 is 44.0 Å². The Morgan fingerprint density at radius 1 is 1.07 bits per heavy atom. The Labute approximate surface area is 187 Å². The van der Waals surface area contributed by atoms with E-state index in [1.54, 1.807) is 19.2 Å². The average Bonchev–Trinajstić information content (AvgIpc) is 2.71. The van der Waals surface area contributed by atoms with E-state index < -0.39 is 0 Å². The predicted molar refractivity (Wildman–Crippen MR) is 121 cm³/mol. The van der Waals surface area contributed by atoms with E-state index >= 15 is 0 Å². The topological polar surface area (TPSA) is 69.2 Å². The van der Waals surface area contributed by atoms with Gasteiger partial charge in [-0.05, 0) is 64.3 Å². The lowest BCUT2D eigenvalue weighted by atomic mass is 10.2. The molecule has 0 radical (unpaired) electrons. The molecule has 6 nitrogen and oxygen atoms in total. The summed E-state index contributed by atoms with van der Waals surface area (Å²) in [6.07, 6.45) is 4.83. The third-order valence-corrected chi connectivity index (χ3v) is 4.96. The number of halogens is 2. The quantitative estimate of drug-likeness (QED) is 0.244. The minimum atomic E-state index is -0.362. The number of nitrogens with one attached hydrogen (secondary N) is 1. The molecule has 0 aliphatic carbocycles. The molecule has 8 heteroatoms. The van der Waals surface area contributed by atoms with Gasteiger partial charge in [0.2, 0.25) is 0 Å². The van der Waals surface area contributed by atoms with Crippen LogP contribution >= 0.6 is 31.9 Å². The SMILES string of the molecule is CCCCCOc1ccc(/C=N/NC(=O)COc2ccc(Br)cc2Br)cc1OC. The smallest absolute Gasteiger partial charge is 0.277 e. The first kappa shape index (κ1) is 23.2. The number of unbranched alkanes of at least 4 members (excludes halogenated alkanes) is 2. The summed E-state index contributed by atoms with van der Waals surface area (Å²) in [7, 11) is 1.59. The minimum absolute atomic E-state index is 0.147. The first-order chi connectivity index (χ1) is 14.0. The Kier molecular flexibility index (Phi) is 10.0. The number of carbonyl (C=O) groups is 1.